The van der Waals surface area contributed by atoms with Crippen LogP contribution < -0.4 is 0 Å². The molecule has 6 rings (SSSR count). The Morgan fingerprint density at radius 1 is 1.18 bits per heavy atom. The summed E-state index contributed by atoms with van der Waals surface area (Å²) in [5.41, 5.74) is 0.235. The van der Waals surface area contributed by atoms with Gasteiger partial charge >= 0.3 is 5.97 Å². The first-order chi connectivity index (χ1) is 16.2. The molecule has 0 aromatic heterocycles. The Labute approximate surface area is 201 Å². The van der Waals surface area contributed by atoms with Crippen LogP contribution in [-0.4, -0.2) is 53.0 Å². The molecular formula is C28H38O6. The second-order valence-corrected chi connectivity index (χ2v) is 12.4. The van der Waals surface area contributed by atoms with Crippen LogP contribution in [0, 0.1) is 40.4 Å². The lowest BCUT2D eigenvalue weighted by molar-refractivity contribution is -0.157. The van der Waals surface area contributed by atoms with E-state index in [-0.39, 0.29) is 54.4 Å². The second-order valence-electron chi connectivity index (χ2n) is 12.4. The smallest absolute Gasteiger partial charge is 0.336 e. The molecule has 0 radical (unpaired) electrons. The molecule has 0 bridgehead atoms. The number of aliphatic hydroxyl groups is 2. The second kappa shape index (κ2) is 7.50. The van der Waals surface area contributed by atoms with Crippen LogP contribution in [0.25, 0.3) is 0 Å². The third-order valence-corrected chi connectivity index (χ3v) is 11.5. The fourth-order valence-electron chi connectivity index (χ4n) is 9.72. The Kier molecular flexibility index (Phi) is 5.06. The number of allylic oxidation sites excluding steroid dienone is 1. The maximum Gasteiger partial charge on any atom is 0.336 e. The van der Waals surface area contributed by atoms with Gasteiger partial charge in [0, 0.05) is 6.42 Å². The van der Waals surface area contributed by atoms with Crippen LogP contribution in [-0.2, 0) is 19.1 Å². The summed E-state index contributed by atoms with van der Waals surface area (Å²) in [5.74, 6) is 1.43. The summed E-state index contributed by atoms with van der Waals surface area (Å²) in [6.07, 6.45) is 10.2. The maximum absolute atomic E-state index is 13.3. The van der Waals surface area contributed by atoms with Gasteiger partial charge in [0.1, 0.15) is 11.7 Å². The monoisotopic (exact) mass is 470 g/mol. The molecular weight excluding hydrogens is 432 g/mol. The Balaban J connectivity index is 1.28. The highest BCUT2D eigenvalue weighted by Crippen LogP contribution is 2.73. The number of carbonyl (C=O) groups is 2. The number of ketones is 1. The van der Waals surface area contributed by atoms with E-state index in [1.807, 2.05) is 13.0 Å². The zero-order valence-electron chi connectivity index (χ0n) is 20.6. The van der Waals surface area contributed by atoms with Gasteiger partial charge < -0.3 is 19.7 Å². The van der Waals surface area contributed by atoms with Crippen LogP contribution in [0.15, 0.2) is 23.3 Å². The zero-order valence-corrected chi connectivity index (χ0v) is 20.6. The number of epoxide rings is 1. The maximum atomic E-state index is 13.3. The van der Waals surface area contributed by atoms with E-state index in [0.29, 0.717) is 29.7 Å². The number of hydrogen-bond donors (Lipinski definition) is 2. The highest BCUT2D eigenvalue weighted by molar-refractivity contribution is 5.98. The van der Waals surface area contributed by atoms with Crippen molar-refractivity contribution < 1.29 is 29.3 Å². The van der Waals surface area contributed by atoms with Crippen molar-refractivity contribution in [1.29, 1.82) is 0 Å². The van der Waals surface area contributed by atoms with Crippen LogP contribution in [0.3, 0.4) is 0 Å². The van der Waals surface area contributed by atoms with Gasteiger partial charge in [0.25, 0.3) is 0 Å². The van der Waals surface area contributed by atoms with E-state index in [2.05, 4.69) is 13.8 Å². The van der Waals surface area contributed by atoms with E-state index < -0.39 is 11.0 Å². The average Bonchev–Trinajstić information content (AvgIpc) is 3.39. The van der Waals surface area contributed by atoms with Crippen molar-refractivity contribution in [1.82, 2.24) is 0 Å². The molecule has 2 aliphatic heterocycles. The number of ether oxygens (including phenoxy) is 2. The number of fused-ring (bicyclic) bond motifs is 4. The molecule has 186 valence electrons. The number of rotatable bonds is 4. The quantitative estimate of drug-likeness (QED) is 0.483. The summed E-state index contributed by atoms with van der Waals surface area (Å²) in [5, 5.41) is 20.2. The van der Waals surface area contributed by atoms with Gasteiger partial charge in [-0.15, -0.1) is 0 Å². The van der Waals surface area contributed by atoms with Crippen LogP contribution in [0.1, 0.15) is 65.7 Å². The van der Waals surface area contributed by atoms with Crippen LogP contribution >= 0.6 is 0 Å². The largest absolute Gasteiger partial charge is 0.458 e. The van der Waals surface area contributed by atoms with Gasteiger partial charge in [0.05, 0.1) is 30.3 Å². The molecule has 1 spiro atoms. The summed E-state index contributed by atoms with van der Waals surface area (Å²) in [7, 11) is 0. The van der Waals surface area contributed by atoms with E-state index in [0.717, 1.165) is 44.1 Å². The fourth-order valence-corrected chi connectivity index (χ4v) is 9.72. The Hall–Kier alpha value is -1.50. The molecule has 0 aromatic rings. The van der Waals surface area contributed by atoms with Crippen LogP contribution in [0.2, 0.25) is 0 Å². The van der Waals surface area contributed by atoms with Crippen molar-refractivity contribution in [2.45, 2.75) is 83.5 Å². The molecule has 34 heavy (non-hydrogen) atoms. The molecule has 4 fully saturated rings. The van der Waals surface area contributed by atoms with E-state index >= 15 is 0 Å². The number of aliphatic hydroxyl groups excluding tert-OH is 2. The number of carbonyl (C=O) groups excluding carboxylic acids is 2. The highest BCUT2D eigenvalue weighted by Gasteiger charge is 2.79. The fraction of sp³-hybridized carbons (Fsp3) is 0.786. The minimum atomic E-state index is -0.776. The van der Waals surface area contributed by atoms with Gasteiger partial charge in [-0.3, -0.25) is 4.79 Å². The van der Waals surface area contributed by atoms with E-state index in [1.54, 1.807) is 6.08 Å². The molecule has 3 saturated carbocycles. The molecule has 10 atom stereocenters. The van der Waals surface area contributed by atoms with Crippen molar-refractivity contribution >= 4 is 11.8 Å². The molecule has 1 saturated heterocycles. The normalized spacial score (nSPS) is 50.1. The molecule has 2 heterocycles. The van der Waals surface area contributed by atoms with E-state index in [9.17, 15) is 19.8 Å². The average molecular weight is 471 g/mol. The zero-order chi connectivity index (χ0) is 24.0. The lowest BCUT2D eigenvalue weighted by Gasteiger charge is -2.58. The summed E-state index contributed by atoms with van der Waals surface area (Å²) >= 11 is 0. The number of hydrogen-bond acceptors (Lipinski definition) is 6. The highest BCUT2D eigenvalue weighted by atomic mass is 16.6. The van der Waals surface area contributed by atoms with Gasteiger partial charge in [-0.05, 0) is 86.5 Å². The van der Waals surface area contributed by atoms with Crippen molar-refractivity contribution in [3.8, 4) is 0 Å². The first-order valence-electron chi connectivity index (χ1n) is 13.2. The van der Waals surface area contributed by atoms with Gasteiger partial charge in [-0.1, -0.05) is 25.5 Å². The van der Waals surface area contributed by atoms with Crippen molar-refractivity contribution in [2.75, 3.05) is 13.2 Å². The third kappa shape index (κ3) is 2.68. The molecule has 6 heteroatoms. The predicted octanol–water partition coefficient (Wildman–Crippen LogP) is 3.35. The Morgan fingerprint density at radius 3 is 2.68 bits per heavy atom. The van der Waals surface area contributed by atoms with Crippen molar-refractivity contribution in [2.24, 2.45) is 40.4 Å². The summed E-state index contributed by atoms with van der Waals surface area (Å²) in [6, 6.07) is 0. The number of esters is 1. The standard InChI is InChI=1S/C28H38O6/c1-15-11-22(33-25(32)18(15)13-29)16(2)19-6-7-20-17-12-24-28(34-24)9-4-5-23(31)27(28,14-30)21(17)8-10-26(19,20)3/h4-5,16-17,19-22,24,29-30H,6-14H2,1-3H3/t16-,17-,19+,20-,21-,22+,24+,26+,27-,28+/m0/s1. The minimum absolute atomic E-state index is 0.0704. The van der Waals surface area contributed by atoms with Gasteiger partial charge in [0.15, 0.2) is 5.78 Å². The summed E-state index contributed by atoms with van der Waals surface area (Å²) in [4.78, 5) is 25.8. The summed E-state index contributed by atoms with van der Waals surface area (Å²) in [6.45, 7) is 6.22. The molecule has 6 nitrogen and oxygen atoms in total. The first-order valence-corrected chi connectivity index (χ1v) is 13.2. The summed E-state index contributed by atoms with van der Waals surface area (Å²) < 4.78 is 12.2. The molecule has 4 aliphatic carbocycles. The number of cyclic esters (lactones) is 1. The van der Waals surface area contributed by atoms with E-state index in [1.165, 1.54) is 0 Å². The van der Waals surface area contributed by atoms with Gasteiger partial charge in [-0.25, -0.2) is 4.79 Å². The minimum Gasteiger partial charge on any atom is -0.458 e. The lowest BCUT2D eigenvalue weighted by Crippen LogP contribution is -2.63. The molecule has 0 aromatic carbocycles. The van der Waals surface area contributed by atoms with Gasteiger partial charge in [-0.2, -0.15) is 0 Å². The molecule has 6 aliphatic rings. The SMILES string of the molecule is CC1=C(CO)C(=O)O[C@@H]([C@@H](C)[C@H]2CC[C@H]3[C@@H]4C[C@H]5O[C@]56CC=CC(=O)[C@]6(CO)[C@H]4CC[C@]23C)C1. The molecule has 0 unspecified atom stereocenters. The van der Waals surface area contributed by atoms with Crippen molar-refractivity contribution in [3.63, 3.8) is 0 Å². The van der Waals surface area contributed by atoms with Crippen molar-refractivity contribution in [3.05, 3.63) is 23.3 Å². The van der Waals surface area contributed by atoms with E-state index in [4.69, 9.17) is 9.47 Å². The van der Waals surface area contributed by atoms with Crippen LogP contribution in [0.5, 0.6) is 0 Å². The van der Waals surface area contributed by atoms with Gasteiger partial charge in [0.2, 0.25) is 0 Å². The third-order valence-electron chi connectivity index (χ3n) is 11.5. The topological polar surface area (TPSA) is 96.4 Å². The molecule has 2 N–H and O–H groups in total. The molecule has 0 amide bonds. The Morgan fingerprint density at radius 2 is 1.97 bits per heavy atom. The Bertz CT molecular complexity index is 983. The first kappa shape index (κ1) is 22.9. The predicted molar refractivity (Wildman–Crippen MR) is 124 cm³/mol. The van der Waals surface area contributed by atoms with Crippen LogP contribution in [0.4, 0.5) is 0 Å². The lowest BCUT2D eigenvalue weighted by atomic mass is 9.44.